The van der Waals surface area contributed by atoms with Gasteiger partial charge >= 0.3 is 0 Å². The van der Waals surface area contributed by atoms with Crippen molar-refractivity contribution in [1.82, 2.24) is 20.3 Å². The first kappa shape index (κ1) is 20.3. The fraction of sp³-hybridized carbons (Fsp3) is 0.167. The van der Waals surface area contributed by atoms with Gasteiger partial charge in [0.15, 0.2) is 0 Å². The molecule has 4 rings (SSSR count). The largest absolute Gasteiger partial charge is 0.304 e. The summed E-state index contributed by atoms with van der Waals surface area (Å²) in [6, 6.07) is 24.8. The van der Waals surface area contributed by atoms with Crippen molar-refractivity contribution >= 4 is 11.6 Å². The summed E-state index contributed by atoms with van der Waals surface area (Å²) in [7, 11) is 0. The monoisotopic (exact) mass is 420 g/mol. The third kappa shape index (κ3) is 4.75. The summed E-state index contributed by atoms with van der Waals surface area (Å²) in [6.45, 7) is 3.06. The molecule has 6 heteroatoms. The summed E-state index contributed by atoms with van der Waals surface area (Å²) in [4.78, 5) is 1.62. The van der Waals surface area contributed by atoms with Crippen LogP contribution in [0.5, 0.6) is 0 Å². The summed E-state index contributed by atoms with van der Waals surface area (Å²) in [6.07, 6.45) is 0. The number of halogens is 2. The average Bonchev–Trinajstić information content (AvgIpc) is 3.18. The second-order valence-corrected chi connectivity index (χ2v) is 7.55. The van der Waals surface area contributed by atoms with Crippen LogP contribution in [0.2, 0.25) is 5.02 Å². The lowest BCUT2D eigenvalue weighted by Gasteiger charge is -2.13. The van der Waals surface area contributed by atoms with E-state index in [9.17, 15) is 4.39 Å². The number of aromatic nitrogens is 3. The molecule has 1 aromatic heterocycles. The van der Waals surface area contributed by atoms with Gasteiger partial charge in [0, 0.05) is 23.2 Å². The van der Waals surface area contributed by atoms with Crippen LogP contribution in [0.4, 0.5) is 4.39 Å². The number of nitrogens with one attached hydrogen (secondary N) is 1. The third-order valence-corrected chi connectivity index (χ3v) is 5.33. The second kappa shape index (κ2) is 9.20. The van der Waals surface area contributed by atoms with E-state index in [1.165, 1.54) is 17.7 Å². The molecule has 0 aliphatic rings. The Morgan fingerprint density at radius 3 is 2.37 bits per heavy atom. The van der Waals surface area contributed by atoms with Gasteiger partial charge in [-0.25, -0.2) is 4.39 Å². The van der Waals surface area contributed by atoms with Gasteiger partial charge in [0.2, 0.25) is 0 Å². The number of benzene rings is 3. The first-order chi connectivity index (χ1) is 14.6. The zero-order chi connectivity index (χ0) is 20.9. The van der Waals surface area contributed by atoms with Crippen LogP contribution in [0.3, 0.4) is 0 Å². The molecule has 4 nitrogen and oxygen atoms in total. The van der Waals surface area contributed by atoms with E-state index < -0.39 is 0 Å². The van der Waals surface area contributed by atoms with Crippen LogP contribution in [0.1, 0.15) is 29.8 Å². The van der Waals surface area contributed by atoms with Crippen molar-refractivity contribution < 1.29 is 4.39 Å². The van der Waals surface area contributed by atoms with Crippen molar-refractivity contribution in [2.45, 2.75) is 26.1 Å². The van der Waals surface area contributed by atoms with Crippen LogP contribution < -0.4 is 5.32 Å². The molecule has 1 atom stereocenters. The van der Waals surface area contributed by atoms with E-state index in [0.717, 1.165) is 22.5 Å². The minimum Gasteiger partial charge on any atom is -0.304 e. The Kier molecular flexibility index (Phi) is 6.21. The van der Waals surface area contributed by atoms with E-state index in [0.29, 0.717) is 18.1 Å². The molecule has 0 saturated carbocycles. The first-order valence-corrected chi connectivity index (χ1v) is 10.2. The van der Waals surface area contributed by atoms with Crippen LogP contribution in [0.15, 0.2) is 78.9 Å². The highest BCUT2D eigenvalue weighted by atomic mass is 35.5. The summed E-state index contributed by atoms with van der Waals surface area (Å²) in [5.74, 6) is -0.359. The number of nitrogens with zero attached hydrogens (tertiary/aromatic N) is 3. The van der Waals surface area contributed by atoms with Crippen LogP contribution in [0, 0.1) is 5.82 Å². The molecule has 4 aromatic rings. The fourth-order valence-electron chi connectivity index (χ4n) is 3.30. The van der Waals surface area contributed by atoms with E-state index in [2.05, 4.69) is 24.4 Å². The van der Waals surface area contributed by atoms with Crippen molar-refractivity contribution in [2.75, 3.05) is 0 Å². The maximum absolute atomic E-state index is 13.4. The Labute approximate surface area is 180 Å². The molecule has 0 saturated heterocycles. The Bertz CT molecular complexity index is 1110. The number of hydrogen-bond acceptors (Lipinski definition) is 3. The van der Waals surface area contributed by atoms with E-state index in [4.69, 9.17) is 21.8 Å². The fourth-order valence-corrected chi connectivity index (χ4v) is 3.53. The molecule has 0 bridgehead atoms. The molecule has 3 aromatic carbocycles. The molecule has 0 aliphatic heterocycles. The molecule has 152 valence electrons. The molecule has 0 unspecified atom stereocenters. The summed E-state index contributed by atoms with van der Waals surface area (Å²) in [5, 5.41) is 13.3. The van der Waals surface area contributed by atoms with Gasteiger partial charge in [-0.15, -0.1) is 0 Å². The van der Waals surface area contributed by atoms with Gasteiger partial charge in [0.1, 0.15) is 17.2 Å². The van der Waals surface area contributed by atoms with E-state index >= 15 is 0 Å². The minimum absolute atomic E-state index is 0.173. The molecular formula is C24H22ClFN4. The number of rotatable bonds is 7. The molecule has 0 aliphatic carbocycles. The zero-order valence-electron chi connectivity index (χ0n) is 16.6. The molecule has 0 radical (unpaired) electrons. The maximum atomic E-state index is 13.4. The van der Waals surface area contributed by atoms with Crippen molar-refractivity contribution in [3.8, 4) is 11.3 Å². The molecule has 30 heavy (non-hydrogen) atoms. The van der Waals surface area contributed by atoms with Crippen molar-refractivity contribution in [3.05, 3.63) is 107 Å². The summed E-state index contributed by atoms with van der Waals surface area (Å²) in [5.41, 5.74) is 4.65. The van der Waals surface area contributed by atoms with Gasteiger partial charge in [0.05, 0.1) is 6.54 Å². The first-order valence-electron chi connectivity index (χ1n) is 9.82. The maximum Gasteiger partial charge on any atom is 0.124 e. The predicted molar refractivity (Wildman–Crippen MR) is 118 cm³/mol. The standard InChI is InChI=1S/C24H22ClFN4/c1-17(18-8-4-2-5-9-18)27-15-23-24(19-10-6-3-7-11-19)29-30(28-23)16-20-12-13-21(26)14-22(20)25/h2-14,17,27H,15-16H2,1H3/t17-/m0/s1. The topological polar surface area (TPSA) is 42.7 Å². The molecule has 0 amide bonds. The highest BCUT2D eigenvalue weighted by Gasteiger charge is 2.15. The van der Waals surface area contributed by atoms with E-state index in [-0.39, 0.29) is 11.9 Å². The zero-order valence-corrected chi connectivity index (χ0v) is 17.4. The van der Waals surface area contributed by atoms with Gasteiger partial charge in [-0.1, -0.05) is 78.3 Å². The average molecular weight is 421 g/mol. The van der Waals surface area contributed by atoms with Crippen LogP contribution in [0.25, 0.3) is 11.3 Å². The quantitative estimate of drug-likeness (QED) is 0.421. The van der Waals surface area contributed by atoms with Crippen molar-refractivity contribution in [2.24, 2.45) is 0 Å². The van der Waals surface area contributed by atoms with Gasteiger partial charge < -0.3 is 5.32 Å². The van der Waals surface area contributed by atoms with Crippen molar-refractivity contribution in [1.29, 1.82) is 0 Å². The SMILES string of the molecule is C[C@H](NCc1nn(Cc2ccc(F)cc2Cl)nc1-c1ccccc1)c1ccccc1. The lowest BCUT2D eigenvalue weighted by atomic mass is 10.1. The van der Waals surface area contributed by atoms with Gasteiger partial charge in [-0.2, -0.15) is 15.0 Å². The Morgan fingerprint density at radius 1 is 0.967 bits per heavy atom. The van der Waals surface area contributed by atoms with Crippen LogP contribution in [-0.2, 0) is 13.1 Å². The third-order valence-electron chi connectivity index (χ3n) is 4.97. The Balaban J connectivity index is 1.59. The van der Waals surface area contributed by atoms with E-state index in [1.54, 1.807) is 10.9 Å². The summed E-state index contributed by atoms with van der Waals surface area (Å²) >= 11 is 6.19. The smallest absolute Gasteiger partial charge is 0.124 e. The second-order valence-electron chi connectivity index (χ2n) is 7.14. The van der Waals surface area contributed by atoms with Crippen LogP contribution in [-0.4, -0.2) is 15.0 Å². The molecule has 1 heterocycles. The number of hydrogen-bond donors (Lipinski definition) is 1. The summed E-state index contributed by atoms with van der Waals surface area (Å²) < 4.78 is 13.4. The van der Waals surface area contributed by atoms with Gasteiger partial charge in [0.25, 0.3) is 0 Å². The van der Waals surface area contributed by atoms with Gasteiger partial charge in [-0.05, 0) is 30.2 Å². The Hall–Kier alpha value is -3.02. The normalized spacial score (nSPS) is 12.1. The molecule has 0 spiro atoms. The predicted octanol–water partition coefficient (Wildman–Crippen LogP) is 5.64. The Morgan fingerprint density at radius 2 is 1.67 bits per heavy atom. The molecule has 0 fully saturated rings. The van der Waals surface area contributed by atoms with E-state index in [1.807, 2.05) is 48.5 Å². The lowest BCUT2D eigenvalue weighted by Crippen LogP contribution is -2.19. The minimum atomic E-state index is -0.359. The van der Waals surface area contributed by atoms with Crippen molar-refractivity contribution in [3.63, 3.8) is 0 Å². The van der Waals surface area contributed by atoms with Gasteiger partial charge in [-0.3, -0.25) is 0 Å². The highest BCUT2D eigenvalue weighted by molar-refractivity contribution is 6.31. The molecular weight excluding hydrogens is 399 g/mol. The van der Waals surface area contributed by atoms with Crippen LogP contribution >= 0.6 is 11.6 Å². The molecule has 1 N–H and O–H groups in total. The highest BCUT2D eigenvalue weighted by Crippen LogP contribution is 2.23. The lowest BCUT2D eigenvalue weighted by molar-refractivity contribution is 0.546.